The molecule has 1 fully saturated rings. The Hall–Kier alpha value is -3.55. The highest BCUT2D eigenvalue weighted by atomic mass is 15.4. The van der Waals surface area contributed by atoms with E-state index in [2.05, 4.69) is 36.1 Å². The molecule has 2 heterocycles. The summed E-state index contributed by atoms with van der Waals surface area (Å²) in [6, 6.07) is 6.08. The van der Waals surface area contributed by atoms with Crippen LogP contribution < -0.4 is 22.4 Å². The molecule has 2 aromatic heterocycles. The third-order valence-electron chi connectivity index (χ3n) is 6.56. The van der Waals surface area contributed by atoms with Crippen molar-refractivity contribution in [3.05, 3.63) is 102 Å². The average Bonchev–Trinajstić information content (AvgIpc) is 3.37. The normalized spacial score (nSPS) is 16.0. The molecule has 1 aliphatic rings. The van der Waals surface area contributed by atoms with Crippen LogP contribution >= 0.6 is 0 Å². The number of nitrogens with one attached hydrogen (secondary N) is 1. The number of hydrogen-bond donors (Lipinski definition) is 3. The zero-order chi connectivity index (χ0) is 25.9. The topological polar surface area (TPSA) is 89.5 Å². The molecule has 0 amide bonds. The molecule has 5 N–H and O–H groups in total. The van der Waals surface area contributed by atoms with Crippen LogP contribution in [-0.4, -0.2) is 34.3 Å². The van der Waals surface area contributed by atoms with Crippen LogP contribution in [0.4, 0.5) is 0 Å². The smallest absolute Gasteiger partial charge is 0.131 e. The van der Waals surface area contributed by atoms with Crippen LogP contribution in [0, 0.1) is 12.8 Å². The highest BCUT2D eigenvalue weighted by Gasteiger charge is 2.16. The van der Waals surface area contributed by atoms with Crippen LogP contribution in [-0.2, 0) is 6.54 Å². The van der Waals surface area contributed by atoms with Gasteiger partial charge >= 0.3 is 0 Å². The minimum atomic E-state index is 0.485. The Morgan fingerprint density at radius 3 is 2.67 bits per heavy atom. The van der Waals surface area contributed by atoms with Crippen molar-refractivity contribution in [2.75, 3.05) is 20.1 Å². The summed E-state index contributed by atoms with van der Waals surface area (Å²) < 4.78 is 4.06. The van der Waals surface area contributed by atoms with Gasteiger partial charge in [-0.1, -0.05) is 25.2 Å². The molecular weight excluding hydrogens is 446 g/mol. The molecule has 192 valence electrons. The number of pyridine rings is 1. The average molecular weight is 488 g/mol. The number of aromatic nitrogens is 2. The van der Waals surface area contributed by atoms with E-state index in [1.54, 1.807) is 17.3 Å². The molecule has 1 saturated carbocycles. The second-order valence-corrected chi connectivity index (χ2v) is 9.17. The van der Waals surface area contributed by atoms with Gasteiger partial charge in [-0.2, -0.15) is 0 Å². The molecule has 0 spiro atoms. The number of aryl methyl sites for hydroxylation is 1. The van der Waals surface area contributed by atoms with Crippen LogP contribution in [0.1, 0.15) is 37.3 Å². The Kier molecular flexibility index (Phi) is 10.2. The Bertz CT molecular complexity index is 1190. The summed E-state index contributed by atoms with van der Waals surface area (Å²) in [5.74, 6) is 7.07. The molecule has 0 saturated heterocycles. The number of hydrazine groups is 1. The molecule has 0 unspecified atom stereocenters. The Labute approximate surface area is 215 Å². The molecule has 1 aliphatic carbocycles. The van der Waals surface area contributed by atoms with Gasteiger partial charge in [0.1, 0.15) is 5.49 Å². The fourth-order valence-corrected chi connectivity index (χ4v) is 4.11. The van der Waals surface area contributed by atoms with E-state index in [1.165, 1.54) is 30.4 Å². The maximum Gasteiger partial charge on any atom is 0.131 e. The van der Waals surface area contributed by atoms with Crippen LogP contribution in [0.25, 0.3) is 11.9 Å². The molecule has 36 heavy (non-hydrogen) atoms. The first-order chi connectivity index (χ1) is 17.4. The van der Waals surface area contributed by atoms with Gasteiger partial charge in [-0.3, -0.25) is 4.99 Å². The zero-order valence-corrected chi connectivity index (χ0v) is 21.9. The number of allylic oxidation sites excluding steroid dienone is 4. The predicted molar refractivity (Wildman–Crippen MR) is 151 cm³/mol. The first kappa shape index (κ1) is 27.0. The lowest BCUT2D eigenvalue weighted by Gasteiger charge is -2.25. The lowest BCUT2D eigenvalue weighted by molar-refractivity contribution is 0.301. The lowest BCUT2D eigenvalue weighted by Crippen LogP contribution is -2.28. The third-order valence-corrected chi connectivity index (χ3v) is 6.56. The molecule has 0 radical (unpaired) electrons. The summed E-state index contributed by atoms with van der Waals surface area (Å²) in [6.07, 6.45) is 21.7. The summed E-state index contributed by atoms with van der Waals surface area (Å²) in [4.78, 5) is 4.43. The second kappa shape index (κ2) is 13.5. The van der Waals surface area contributed by atoms with E-state index in [1.807, 2.05) is 72.1 Å². The number of hydrogen-bond acceptors (Lipinski definition) is 5. The maximum absolute atomic E-state index is 6.34. The van der Waals surface area contributed by atoms with Crippen LogP contribution in [0.15, 0.2) is 90.1 Å². The third kappa shape index (κ3) is 7.47. The number of rotatable bonds is 12. The van der Waals surface area contributed by atoms with Crippen molar-refractivity contribution in [3.63, 3.8) is 0 Å². The van der Waals surface area contributed by atoms with Gasteiger partial charge in [0.05, 0.1) is 12.2 Å². The highest BCUT2D eigenvalue weighted by Crippen LogP contribution is 2.25. The van der Waals surface area contributed by atoms with Gasteiger partial charge in [-0.15, -0.1) is 0 Å². The first-order valence-corrected chi connectivity index (χ1v) is 12.6. The fourth-order valence-electron chi connectivity index (χ4n) is 4.11. The van der Waals surface area contributed by atoms with Gasteiger partial charge < -0.3 is 25.2 Å². The molecule has 7 heteroatoms. The minimum absolute atomic E-state index is 0.485. The largest absolute Gasteiger partial charge is 0.397 e. The van der Waals surface area contributed by atoms with Crippen molar-refractivity contribution in [1.29, 1.82) is 0 Å². The van der Waals surface area contributed by atoms with E-state index >= 15 is 0 Å². The second-order valence-electron chi connectivity index (χ2n) is 9.17. The SMILES string of the molecule is C=CC(=C\C(=C/C)n1cccc1)/C(N)=C/N(N)C/C=C/n1cc(CNCC2CCC2)c(C)cc1=NC. The van der Waals surface area contributed by atoms with Crippen molar-refractivity contribution in [3.8, 4) is 0 Å². The standard InChI is InChI=1S/C29H41N7/c1-5-25(18-27(6-2)34-13-7-8-14-34)28(30)22-36(31)16-10-15-35-21-26(23(3)17-29(35)32-4)20-33-19-24-11-9-12-24/h5-8,10,13-15,17-18,21-22,24,33H,1,9,11-12,16,19-20,30-31H2,2-4H3/b15-10+,25-18+,27-6+,28-22-,32-29?. The Morgan fingerprint density at radius 2 is 2.06 bits per heavy atom. The van der Waals surface area contributed by atoms with Crippen molar-refractivity contribution < 1.29 is 0 Å². The highest BCUT2D eigenvalue weighted by molar-refractivity contribution is 5.62. The maximum atomic E-state index is 6.34. The van der Waals surface area contributed by atoms with Crippen LogP contribution in [0.2, 0.25) is 0 Å². The van der Waals surface area contributed by atoms with E-state index < -0.39 is 0 Å². The summed E-state index contributed by atoms with van der Waals surface area (Å²) in [6.45, 7) is 10.5. The number of nitrogens with two attached hydrogens (primary N) is 2. The lowest BCUT2D eigenvalue weighted by atomic mass is 9.85. The van der Waals surface area contributed by atoms with Gasteiger partial charge in [0, 0.05) is 55.9 Å². The Balaban J connectivity index is 1.66. The van der Waals surface area contributed by atoms with Gasteiger partial charge in [0.25, 0.3) is 0 Å². The molecule has 0 bridgehead atoms. The molecule has 7 nitrogen and oxygen atoms in total. The first-order valence-electron chi connectivity index (χ1n) is 12.6. The molecule has 0 aliphatic heterocycles. The van der Waals surface area contributed by atoms with Gasteiger partial charge in [-0.25, -0.2) is 5.84 Å². The van der Waals surface area contributed by atoms with Crippen molar-refractivity contribution in [2.24, 2.45) is 22.5 Å². The molecular formula is C29H41N7. The molecule has 3 rings (SSSR count). The van der Waals surface area contributed by atoms with Crippen molar-refractivity contribution in [2.45, 2.75) is 39.7 Å². The predicted octanol–water partition coefficient (Wildman–Crippen LogP) is 4.14. The summed E-state index contributed by atoms with van der Waals surface area (Å²) in [7, 11) is 1.81. The van der Waals surface area contributed by atoms with Crippen molar-refractivity contribution >= 4 is 11.9 Å². The van der Waals surface area contributed by atoms with E-state index in [0.717, 1.165) is 35.8 Å². The zero-order valence-electron chi connectivity index (χ0n) is 21.9. The summed E-state index contributed by atoms with van der Waals surface area (Å²) in [5.41, 5.74) is 12.1. The molecule has 0 atom stereocenters. The van der Waals surface area contributed by atoms with Crippen LogP contribution in [0.5, 0.6) is 0 Å². The van der Waals surface area contributed by atoms with Crippen LogP contribution in [0.3, 0.4) is 0 Å². The van der Waals surface area contributed by atoms with E-state index in [9.17, 15) is 0 Å². The summed E-state index contributed by atoms with van der Waals surface area (Å²) in [5, 5.41) is 5.17. The van der Waals surface area contributed by atoms with E-state index in [4.69, 9.17) is 11.6 Å². The van der Waals surface area contributed by atoms with E-state index in [-0.39, 0.29) is 0 Å². The van der Waals surface area contributed by atoms with Gasteiger partial charge in [0.15, 0.2) is 0 Å². The summed E-state index contributed by atoms with van der Waals surface area (Å²) >= 11 is 0. The molecule has 2 aromatic rings. The van der Waals surface area contributed by atoms with E-state index in [0.29, 0.717) is 12.2 Å². The number of nitrogens with zero attached hydrogens (tertiary/aromatic N) is 4. The fraction of sp³-hybridized carbons (Fsp3) is 0.345. The van der Waals surface area contributed by atoms with Gasteiger partial charge in [-0.05, 0) is 80.6 Å². The van der Waals surface area contributed by atoms with Gasteiger partial charge in [0.2, 0.25) is 0 Å². The monoisotopic (exact) mass is 487 g/mol. The Morgan fingerprint density at radius 1 is 1.31 bits per heavy atom. The quantitative estimate of drug-likeness (QED) is 0.238. The van der Waals surface area contributed by atoms with Crippen molar-refractivity contribution in [1.82, 2.24) is 19.5 Å². The minimum Gasteiger partial charge on any atom is -0.397 e. The molecule has 0 aromatic carbocycles.